The molecule has 2 heterocycles. The van der Waals surface area contributed by atoms with Crippen LogP contribution in [0, 0.1) is 0 Å². The molecule has 0 saturated carbocycles. The molecule has 0 spiro atoms. The molecule has 0 radical (unpaired) electrons. The highest BCUT2D eigenvalue weighted by Gasteiger charge is 2.20. The van der Waals surface area contributed by atoms with Crippen LogP contribution in [0.15, 0.2) is 30.5 Å². The molecule has 128 valence electrons. The van der Waals surface area contributed by atoms with Gasteiger partial charge in [-0.05, 0) is 56.3 Å². The van der Waals surface area contributed by atoms with E-state index in [1.54, 1.807) is 11.3 Å². The molecule has 1 fully saturated rings. The number of hydrogen-bond acceptors (Lipinski definition) is 4. The van der Waals surface area contributed by atoms with E-state index in [2.05, 4.69) is 34.7 Å². The van der Waals surface area contributed by atoms with E-state index in [0.29, 0.717) is 11.0 Å². The SMILES string of the molecule is CCc1ccc(C(C)C(=O)Nc2ncc(C3CCNCC3)s2)cc1. The van der Waals surface area contributed by atoms with Crippen LogP contribution in [0.1, 0.15) is 54.5 Å². The van der Waals surface area contributed by atoms with Gasteiger partial charge in [-0.15, -0.1) is 11.3 Å². The summed E-state index contributed by atoms with van der Waals surface area (Å²) in [6, 6.07) is 8.28. The topological polar surface area (TPSA) is 54.0 Å². The lowest BCUT2D eigenvalue weighted by atomic mass is 9.97. The zero-order valence-electron chi connectivity index (χ0n) is 14.3. The number of aromatic nitrogens is 1. The van der Waals surface area contributed by atoms with E-state index in [1.807, 2.05) is 25.3 Å². The number of benzene rings is 1. The lowest BCUT2D eigenvalue weighted by Gasteiger charge is -2.20. The lowest BCUT2D eigenvalue weighted by molar-refractivity contribution is -0.117. The Labute approximate surface area is 147 Å². The predicted octanol–water partition coefficient (Wildman–Crippen LogP) is 3.91. The Morgan fingerprint density at radius 3 is 2.71 bits per heavy atom. The number of nitrogens with zero attached hydrogens (tertiary/aromatic N) is 1. The fourth-order valence-electron chi connectivity index (χ4n) is 3.05. The van der Waals surface area contributed by atoms with Gasteiger partial charge in [0.05, 0.1) is 5.92 Å². The summed E-state index contributed by atoms with van der Waals surface area (Å²) in [5.74, 6) is 0.404. The highest BCUT2D eigenvalue weighted by atomic mass is 32.1. The predicted molar refractivity (Wildman–Crippen MR) is 99.8 cm³/mol. The minimum atomic E-state index is -0.179. The molecule has 1 unspecified atom stereocenters. The molecule has 5 heteroatoms. The van der Waals surface area contributed by atoms with Crippen molar-refractivity contribution in [1.29, 1.82) is 0 Å². The third kappa shape index (κ3) is 4.02. The molecule has 4 nitrogen and oxygen atoms in total. The van der Waals surface area contributed by atoms with Gasteiger partial charge in [-0.3, -0.25) is 4.79 Å². The molecule has 1 aromatic heterocycles. The quantitative estimate of drug-likeness (QED) is 0.865. The summed E-state index contributed by atoms with van der Waals surface area (Å²) in [5, 5.41) is 7.07. The Balaban J connectivity index is 1.62. The minimum Gasteiger partial charge on any atom is -0.317 e. The van der Waals surface area contributed by atoms with Gasteiger partial charge in [-0.1, -0.05) is 31.2 Å². The molecule has 1 aliphatic rings. The van der Waals surface area contributed by atoms with Gasteiger partial charge in [0.1, 0.15) is 0 Å². The standard InChI is InChI=1S/C19H25N3OS/c1-3-14-4-6-15(7-5-14)13(2)18(23)22-19-21-12-17(24-19)16-8-10-20-11-9-16/h4-7,12-13,16,20H,3,8-11H2,1-2H3,(H,21,22,23). The number of rotatable bonds is 5. The second-order valence-corrected chi connectivity index (χ2v) is 7.46. The average molecular weight is 343 g/mol. The molecular weight excluding hydrogens is 318 g/mol. The number of piperidine rings is 1. The summed E-state index contributed by atoms with van der Waals surface area (Å²) < 4.78 is 0. The Morgan fingerprint density at radius 2 is 2.04 bits per heavy atom. The number of carbonyl (C=O) groups excluding carboxylic acids is 1. The van der Waals surface area contributed by atoms with Crippen LogP contribution in [0.2, 0.25) is 0 Å². The van der Waals surface area contributed by atoms with Gasteiger partial charge in [-0.25, -0.2) is 4.98 Å². The van der Waals surface area contributed by atoms with Crippen LogP contribution in [-0.4, -0.2) is 24.0 Å². The van der Waals surface area contributed by atoms with Gasteiger partial charge in [0.2, 0.25) is 5.91 Å². The number of aryl methyl sites for hydroxylation is 1. The lowest BCUT2D eigenvalue weighted by Crippen LogP contribution is -2.26. The van der Waals surface area contributed by atoms with Crippen molar-refractivity contribution >= 4 is 22.4 Å². The maximum absolute atomic E-state index is 12.5. The van der Waals surface area contributed by atoms with Crippen molar-refractivity contribution in [3.8, 4) is 0 Å². The first kappa shape index (κ1) is 17.1. The van der Waals surface area contributed by atoms with Crippen molar-refractivity contribution < 1.29 is 4.79 Å². The fourth-order valence-corrected chi connectivity index (χ4v) is 4.03. The second-order valence-electron chi connectivity index (χ2n) is 6.40. The molecule has 2 N–H and O–H groups in total. The molecule has 0 aliphatic carbocycles. The molecular formula is C19H25N3OS. The van der Waals surface area contributed by atoms with E-state index in [9.17, 15) is 4.79 Å². The number of carbonyl (C=O) groups is 1. The molecule has 0 bridgehead atoms. The fraction of sp³-hybridized carbons (Fsp3) is 0.474. The molecule has 1 aromatic carbocycles. The van der Waals surface area contributed by atoms with Gasteiger partial charge < -0.3 is 10.6 Å². The number of anilines is 1. The van der Waals surface area contributed by atoms with E-state index in [0.717, 1.165) is 37.9 Å². The Kier molecular flexibility index (Phi) is 5.63. The molecule has 3 rings (SSSR count). The van der Waals surface area contributed by atoms with Crippen molar-refractivity contribution in [2.24, 2.45) is 0 Å². The van der Waals surface area contributed by atoms with Crippen molar-refractivity contribution in [2.45, 2.75) is 44.9 Å². The Bertz CT molecular complexity index is 674. The average Bonchev–Trinajstić information content (AvgIpc) is 3.10. The van der Waals surface area contributed by atoms with Crippen molar-refractivity contribution in [3.05, 3.63) is 46.5 Å². The minimum absolute atomic E-state index is 0.00505. The molecule has 1 aliphatic heterocycles. The van der Waals surface area contributed by atoms with E-state index < -0.39 is 0 Å². The van der Waals surface area contributed by atoms with E-state index in [1.165, 1.54) is 10.4 Å². The summed E-state index contributed by atoms with van der Waals surface area (Å²) in [6.45, 7) is 6.20. The maximum Gasteiger partial charge on any atom is 0.233 e. The molecule has 2 aromatic rings. The molecule has 1 amide bonds. The summed E-state index contributed by atoms with van der Waals surface area (Å²) in [5.41, 5.74) is 2.33. The van der Waals surface area contributed by atoms with Crippen LogP contribution in [0.5, 0.6) is 0 Å². The Morgan fingerprint density at radius 1 is 1.33 bits per heavy atom. The maximum atomic E-state index is 12.5. The van der Waals surface area contributed by atoms with E-state index in [-0.39, 0.29) is 11.8 Å². The van der Waals surface area contributed by atoms with Gasteiger partial charge in [0.25, 0.3) is 0 Å². The van der Waals surface area contributed by atoms with E-state index in [4.69, 9.17) is 0 Å². The van der Waals surface area contributed by atoms with Gasteiger partial charge >= 0.3 is 0 Å². The Hall–Kier alpha value is -1.72. The zero-order valence-corrected chi connectivity index (χ0v) is 15.2. The number of hydrogen-bond donors (Lipinski definition) is 2. The van der Waals surface area contributed by atoms with Gasteiger partial charge in [-0.2, -0.15) is 0 Å². The first-order valence-corrected chi connectivity index (χ1v) is 9.55. The summed E-state index contributed by atoms with van der Waals surface area (Å²) in [4.78, 5) is 18.2. The monoisotopic (exact) mass is 343 g/mol. The van der Waals surface area contributed by atoms with Crippen LogP contribution in [0.4, 0.5) is 5.13 Å². The normalized spacial score (nSPS) is 16.8. The smallest absolute Gasteiger partial charge is 0.233 e. The molecule has 1 saturated heterocycles. The number of nitrogens with one attached hydrogen (secondary N) is 2. The summed E-state index contributed by atoms with van der Waals surface area (Å²) in [7, 11) is 0. The second kappa shape index (κ2) is 7.90. The molecule has 24 heavy (non-hydrogen) atoms. The van der Waals surface area contributed by atoms with Crippen molar-refractivity contribution in [2.75, 3.05) is 18.4 Å². The van der Waals surface area contributed by atoms with Crippen LogP contribution in [0.3, 0.4) is 0 Å². The van der Waals surface area contributed by atoms with Gasteiger partial charge in [0.15, 0.2) is 5.13 Å². The van der Waals surface area contributed by atoms with E-state index >= 15 is 0 Å². The third-order valence-electron chi connectivity index (χ3n) is 4.78. The summed E-state index contributed by atoms with van der Waals surface area (Å²) >= 11 is 1.62. The zero-order chi connectivity index (χ0) is 16.9. The van der Waals surface area contributed by atoms with Crippen LogP contribution < -0.4 is 10.6 Å². The first-order chi connectivity index (χ1) is 11.7. The highest BCUT2D eigenvalue weighted by molar-refractivity contribution is 7.15. The van der Waals surface area contributed by atoms with Crippen molar-refractivity contribution in [1.82, 2.24) is 10.3 Å². The van der Waals surface area contributed by atoms with Crippen LogP contribution >= 0.6 is 11.3 Å². The first-order valence-electron chi connectivity index (χ1n) is 8.73. The largest absolute Gasteiger partial charge is 0.317 e. The van der Waals surface area contributed by atoms with Gasteiger partial charge in [0, 0.05) is 11.1 Å². The van der Waals surface area contributed by atoms with Crippen LogP contribution in [0.25, 0.3) is 0 Å². The number of amides is 1. The molecule has 1 atom stereocenters. The number of thiazole rings is 1. The summed E-state index contributed by atoms with van der Waals surface area (Å²) in [6.07, 6.45) is 5.24. The third-order valence-corrected chi connectivity index (χ3v) is 5.85. The van der Waals surface area contributed by atoms with Crippen molar-refractivity contribution in [3.63, 3.8) is 0 Å². The highest BCUT2D eigenvalue weighted by Crippen LogP contribution is 2.32. The van der Waals surface area contributed by atoms with Crippen LogP contribution in [-0.2, 0) is 11.2 Å².